The Hall–Kier alpha value is -2.37. The normalized spacial score (nSPS) is 16.9. The Morgan fingerprint density at radius 3 is 2.52 bits per heavy atom. The number of hydrogen-bond donors (Lipinski definition) is 2. The second kappa shape index (κ2) is 7.68. The summed E-state index contributed by atoms with van der Waals surface area (Å²) in [6.07, 6.45) is 0. The van der Waals surface area contributed by atoms with Crippen LogP contribution >= 0.6 is 23.8 Å². The number of thiocarbonyl (C=S) groups is 1. The second-order valence-corrected chi connectivity index (χ2v) is 6.53. The van der Waals surface area contributed by atoms with Gasteiger partial charge < -0.3 is 15.4 Å². The van der Waals surface area contributed by atoms with Gasteiger partial charge in [-0.15, -0.1) is 0 Å². The first-order chi connectivity index (χ1) is 12.0. The number of esters is 1. The highest BCUT2D eigenvalue weighted by Gasteiger charge is 2.30. The molecule has 0 aliphatic carbocycles. The molecule has 1 atom stereocenters. The molecule has 0 spiro atoms. The number of carbonyl (C=O) groups excluding carboxylic acids is 1. The number of allylic oxidation sites excluding steroid dienone is 1. The van der Waals surface area contributed by atoms with E-state index in [0.29, 0.717) is 21.4 Å². The van der Waals surface area contributed by atoms with Gasteiger partial charge in [0.2, 0.25) is 0 Å². The smallest absolute Gasteiger partial charge is 0.338 e. The van der Waals surface area contributed by atoms with Crippen LogP contribution in [0.1, 0.15) is 24.1 Å². The molecule has 6 heteroatoms. The molecule has 0 amide bonds. The lowest BCUT2D eigenvalue weighted by Gasteiger charge is -2.30. The molecule has 2 N–H and O–H groups in total. The average molecular weight is 373 g/mol. The van der Waals surface area contributed by atoms with E-state index in [0.717, 1.165) is 11.1 Å². The fourth-order valence-corrected chi connectivity index (χ4v) is 3.07. The topological polar surface area (TPSA) is 50.4 Å². The predicted molar refractivity (Wildman–Crippen MR) is 102 cm³/mol. The number of nitrogens with one attached hydrogen (secondary N) is 2. The number of carbonyl (C=O) groups is 1. The van der Waals surface area contributed by atoms with E-state index in [4.69, 9.17) is 28.6 Å². The lowest BCUT2D eigenvalue weighted by Crippen LogP contribution is -2.45. The summed E-state index contributed by atoms with van der Waals surface area (Å²) in [6, 6.07) is 16.5. The van der Waals surface area contributed by atoms with E-state index in [1.165, 1.54) is 0 Å². The van der Waals surface area contributed by atoms with Crippen molar-refractivity contribution in [3.8, 4) is 0 Å². The maximum absolute atomic E-state index is 12.7. The molecule has 3 rings (SSSR count). The van der Waals surface area contributed by atoms with Gasteiger partial charge in [0, 0.05) is 10.7 Å². The van der Waals surface area contributed by atoms with Gasteiger partial charge in [0.1, 0.15) is 6.61 Å². The van der Waals surface area contributed by atoms with Crippen molar-refractivity contribution in [1.82, 2.24) is 10.6 Å². The molecule has 25 heavy (non-hydrogen) atoms. The van der Waals surface area contributed by atoms with Gasteiger partial charge in [-0.1, -0.05) is 54.1 Å². The molecule has 2 aromatic carbocycles. The summed E-state index contributed by atoms with van der Waals surface area (Å²) in [5, 5.41) is 7.23. The van der Waals surface area contributed by atoms with E-state index in [1.807, 2.05) is 49.4 Å². The molecule has 0 radical (unpaired) electrons. The van der Waals surface area contributed by atoms with Crippen LogP contribution < -0.4 is 10.6 Å². The minimum absolute atomic E-state index is 0.217. The van der Waals surface area contributed by atoms with E-state index < -0.39 is 0 Å². The SMILES string of the molecule is CC1=C(C(=O)OCc2ccccc2)[C@@H](c2ccc(Cl)cc2)NC(=S)N1. The molecule has 0 saturated carbocycles. The standard InChI is InChI=1S/C19H17ClN2O2S/c1-12-16(18(23)24-11-13-5-3-2-4-6-13)17(22-19(25)21-12)14-7-9-15(20)10-8-14/h2-10,17H,11H2,1H3,(H2,21,22,25)/t17-/m1/s1. The van der Waals surface area contributed by atoms with Gasteiger partial charge >= 0.3 is 5.97 Å². The third-order valence-electron chi connectivity index (χ3n) is 3.91. The zero-order valence-corrected chi connectivity index (χ0v) is 15.2. The first-order valence-corrected chi connectivity index (χ1v) is 8.58. The number of rotatable bonds is 4. The molecule has 1 aliphatic heterocycles. The van der Waals surface area contributed by atoms with Gasteiger partial charge in [-0.3, -0.25) is 0 Å². The van der Waals surface area contributed by atoms with Crippen LogP contribution in [0.2, 0.25) is 5.02 Å². The summed E-state index contributed by atoms with van der Waals surface area (Å²) in [5.74, 6) is -0.385. The van der Waals surface area contributed by atoms with E-state index >= 15 is 0 Å². The second-order valence-electron chi connectivity index (χ2n) is 5.68. The number of ether oxygens (including phenoxy) is 1. The summed E-state index contributed by atoms with van der Waals surface area (Å²) < 4.78 is 5.50. The molecule has 1 heterocycles. The van der Waals surface area contributed by atoms with Gasteiger partial charge in [-0.2, -0.15) is 0 Å². The third-order valence-corrected chi connectivity index (χ3v) is 4.38. The van der Waals surface area contributed by atoms with Crippen molar-refractivity contribution < 1.29 is 9.53 Å². The van der Waals surface area contributed by atoms with Crippen LogP contribution in [0.15, 0.2) is 65.9 Å². The third kappa shape index (κ3) is 4.18. The number of halogens is 1. The van der Waals surface area contributed by atoms with Crippen molar-refractivity contribution >= 4 is 34.9 Å². The maximum atomic E-state index is 12.7. The van der Waals surface area contributed by atoms with Crippen LogP contribution in [0.4, 0.5) is 0 Å². The molecule has 2 aromatic rings. The Morgan fingerprint density at radius 2 is 1.84 bits per heavy atom. The first-order valence-electron chi connectivity index (χ1n) is 7.79. The van der Waals surface area contributed by atoms with Crippen LogP contribution in [0.25, 0.3) is 0 Å². The molecular weight excluding hydrogens is 356 g/mol. The van der Waals surface area contributed by atoms with Crippen molar-refractivity contribution in [2.24, 2.45) is 0 Å². The molecule has 1 aliphatic rings. The fraction of sp³-hybridized carbons (Fsp3) is 0.158. The molecule has 4 nitrogen and oxygen atoms in total. The van der Waals surface area contributed by atoms with Crippen molar-refractivity contribution in [2.75, 3.05) is 0 Å². The molecule has 0 unspecified atom stereocenters. The zero-order valence-electron chi connectivity index (χ0n) is 13.6. The summed E-state index contributed by atoms with van der Waals surface area (Å²) in [4.78, 5) is 12.7. The van der Waals surface area contributed by atoms with Gasteiger partial charge in [-0.05, 0) is 42.4 Å². The van der Waals surface area contributed by atoms with Crippen molar-refractivity contribution in [1.29, 1.82) is 0 Å². The van der Waals surface area contributed by atoms with Crippen molar-refractivity contribution in [2.45, 2.75) is 19.6 Å². The molecular formula is C19H17ClN2O2S. The Balaban J connectivity index is 1.84. The first kappa shape index (κ1) is 17.5. The largest absolute Gasteiger partial charge is 0.457 e. The minimum Gasteiger partial charge on any atom is -0.457 e. The highest BCUT2D eigenvalue weighted by atomic mass is 35.5. The lowest BCUT2D eigenvalue weighted by molar-refractivity contribution is -0.140. The van der Waals surface area contributed by atoms with Crippen molar-refractivity contribution in [3.63, 3.8) is 0 Å². The van der Waals surface area contributed by atoms with Crippen molar-refractivity contribution in [3.05, 3.63) is 82.0 Å². The number of benzene rings is 2. The van der Waals surface area contributed by atoms with Crippen LogP contribution in [0.5, 0.6) is 0 Å². The van der Waals surface area contributed by atoms with E-state index in [-0.39, 0.29) is 18.6 Å². The molecule has 0 aromatic heterocycles. The lowest BCUT2D eigenvalue weighted by atomic mass is 9.96. The predicted octanol–water partition coefficient (Wildman–Crippen LogP) is 3.88. The van der Waals surface area contributed by atoms with Gasteiger partial charge in [0.15, 0.2) is 5.11 Å². The molecule has 0 saturated heterocycles. The molecule has 0 bridgehead atoms. The van der Waals surface area contributed by atoms with Crippen LogP contribution in [0.3, 0.4) is 0 Å². The van der Waals surface area contributed by atoms with E-state index in [1.54, 1.807) is 12.1 Å². The van der Waals surface area contributed by atoms with Gasteiger partial charge in [0.25, 0.3) is 0 Å². The quantitative estimate of drug-likeness (QED) is 0.630. The summed E-state index contributed by atoms with van der Waals surface area (Å²) in [5.41, 5.74) is 3.01. The van der Waals surface area contributed by atoms with Crippen LogP contribution in [-0.4, -0.2) is 11.1 Å². The Labute approximate surface area is 156 Å². The van der Waals surface area contributed by atoms with Crippen LogP contribution in [0, 0.1) is 0 Å². The Morgan fingerprint density at radius 1 is 1.16 bits per heavy atom. The van der Waals surface area contributed by atoms with E-state index in [2.05, 4.69) is 10.6 Å². The Bertz CT molecular complexity index is 819. The minimum atomic E-state index is -0.385. The molecule has 0 fully saturated rings. The zero-order chi connectivity index (χ0) is 17.8. The maximum Gasteiger partial charge on any atom is 0.338 e. The number of hydrogen-bond acceptors (Lipinski definition) is 3. The van der Waals surface area contributed by atoms with Gasteiger partial charge in [0.05, 0.1) is 11.6 Å². The van der Waals surface area contributed by atoms with Crippen LogP contribution in [-0.2, 0) is 16.1 Å². The monoisotopic (exact) mass is 372 g/mol. The summed E-state index contributed by atoms with van der Waals surface area (Å²) in [6.45, 7) is 2.03. The van der Waals surface area contributed by atoms with Gasteiger partial charge in [-0.25, -0.2) is 4.79 Å². The summed E-state index contributed by atoms with van der Waals surface area (Å²) >= 11 is 11.2. The molecule has 128 valence electrons. The fourth-order valence-electron chi connectivity index (χ4n) is 2.67. The Kier molecular flexibility index (Phi) is 5.36. The highest BCUT2D eigenvalue weighted by molar-refractivity contribution is 7.80. The van der Waals surface area contributed by atoms with E-state index in [9.17, 15) is 4.79 Å². The summed E-state index contributed by atoms with van der Waals surface area (Å²) in [7, 11) is 0. The highest BCUT2D eigenvalue weighted by Crippen LogP contribution is 2.28. The average Bonchev–Trinajstić information content (AvgIpc) is 2.60.